The van der Waals surface area contributed by atoms with Crippen LogP contribution in [0.1, 0.15) is 26.2 Å². The van der Waals surface area contributed by atoms with Crippen LogP contribution in [0.15, 0.2) is 0 Å². The Kier molecular flexibility index (Phi) is 2.09. The summed E-state index contributed by atoms with van der Waals surface area (Å²) in [7, 11) is 0. The van der Waals surface area contributed by atoms with Gasteiger partial charge in [-0.1, -0.05) is 6.92 Å². The molecule has 1 aliphatic rings. The monoisotopic (exact) mass is 128 g/mol. The molecule has 4 N–H and O–H groups in total. The zero-order valence-corrected chi connectivity index (χ0v) is 6.01. The van der Waals surface area contributed by atoms with Gasteiger partial charge in [-0.3, -0.25) is 0 Å². The second kappa shape index (κ2) is 2.67. The summed E-state index contributed by atoms with van der Waals surface area (Å²) in [6.07, 6.45) is 3.39. The van der Waals surface area contributed by atoms with Gasteiger partial charge in [0, 0.05) is 12.1 Å². The van der Waals surface area contributed by atoms with Gasteiger partial charge in [0.2, 0.25) is 0 Å². The van der Waals surface area contributed by atoms with Crippen molar-refractivity contribution < 1.29 is 0 Å². The topological polar surface area (TPSA) is 52.0 Å². The quantitative estimate of drug-likeness (QED) is 0.498. The lowest BCUT2D eigenvalue weighted by molar-refractivity contribution is 0.301. The fraction of sp³-hybridized carbons (Fsp3) is 1.00. The molecule has 3 atom stereocenters. The van der Waals surface area contributed by atoms with E-state index in [1.807, 2.05) is 0 Å². The molecule has 1 rings (SSSR count). The minimum Gasteiger partial charge on any atom is -0.328 e. The van der Waals surface area contributed by atoms with Crippen molar-refractivity contribution in [3.05, 3.63) is 0 Å². The van der Waals surface area contributed by atoms with Crippen molar-refractivity contribution in [2.75, 3.05) is 0 Å². The van der Waals surface area contributed by atoms with Crippen LogP contribution in [0.25, 0.3) is 0 Å². The summed E-state index contributed by atoms with van der Waals surface area (Å²) in [4.78, 5) is 0. The van der Waals surface area contributed by atoms with Crippen LogP contribution in [0.2, 0.25) is 0 Å². The van der Waals surface area contributed by atoms with Gasteiger partial charge in [-0.05, 0) is 25.2 Å². The normalized spacial score (nSPS) is 45.0. The summed E-state index contributed by atoms with van der Waals surface area (Å²) in [5.41, 5.74) is 11.5. The van der Waals surface area contributed by atoms with Crippen molar-refractivity contribution in [1.82, 2.24) is 0 Å². The molecule has 0 amide bonds. The molecule has 0 heterocycles. The van der Waals surface area contributed by atoms with E-state index < -0.39 is 0 Å². The smallest absolute Gasteiger partial charge is 0.00792 e. The van der Waals surface area contributed by atoms with E-state index in [0.29, 0.717) is 18.0 Å². The molecule has 1 aliphatic carbocycles. The predicted octanol–water partition coefficient (Wildman–Crippen LogP) is 0.461. The molecule has 0 aliphatic heterocycles. The summed E-state index contributed by atoms with van der Waals surface area (Å²) in [5, 5.41) is 0. The van der Waals surface area contributed by atoms with Crippen LogP contribution >= 0.6 is 0 Å². The zero-order valence-electron chi connectivity index (χ0n) is 6.01. The second-order valence-electron chi connectivity index (χ2n) is 3.21. The van der Waals surface area contributed by atoms with Crippen molar-refractivity contribution in [3.8, 4) is 0 Å². The van der Waals surface area contributed by atoms with E-state index in [1.54, 1.807) is 0 Å². The first-order valence-electron chi connectivity index (χ1n) is 3.71. The van der Waals surface area contributed by atoms with Crippen LogP contribution in [0.3, 0.4) is 0 Å². The average molecular weight is 128 g/mol. The summed E-state index contributed by atoms with van der Waals surface area (Å²) in [5.74, 6) is 0.685. The molecule has 1 saturated carbocycles. The van der Waals surface area contributed by atoms with Crippen LogP contribution < -0.4 is 11.5 Å². The molecule has 0 aromatic carbocycles. The van der Waals surface area contributed by atoms with E-state index in [-0.39, 0.29) is 0 Å². The van der Waals surface area contributed by atoms with Gasteiger partial charge in [-0.15, -0.1) is 0 Å². The molecule has 1 fully saturated rings. The van der Waals surface area contributed by atoms with E-state index in [4.69, 9.17) is 11.5 Å². The lowest BCUT2D eigenvalue weighted by Gasteiger charge is -2.29. The van der Waals surface area contributed by atoms with E-state index >= 15 is 0 Å². The van der Waals surface area contributed by atoms with Gasteiger partial charge in [0.1, 0.15) is 0 Å². The minimum atomic E-state index is 0.355. The van der Waals surface area contributed by atoms with Gasteiger partial charge in [-0.25, -0.2) is 0 Å². The first-order valence-corrected chi connectivity index (χ1v) is 3.71. The fourth-order valence-corrected chi connectivity index (χ4v) is 1.39. The Hall–Kier alpha value is -0.0800. The Labute approximate surface area is 56.6 Å². The number of rotatable bonds is 0. The molecule has 9 heavy (non-hydrogen) atoms. The molecule has 2 nitrogen and oxygen atoms in total. The van der Waals surface area contributed by atoms with Gasteiger partial charge >= 0.3 is 0 Å². The van der Waals surface area contributed by atoms with E-state index in [9.17, 15) is 0 Å². The molecule has 0 unspecified atom stereocenters. The Balaban J connectivity index is 2.35. The Morgan fingerprint density at radius 2 is 1.89 bits per heavy atom. The lowest BCUT2D eigenvalue weighted by atomic mass is 9.84. The molecule has 0 spiro atoms. The molecular weight excluding hydrogens is 112 g/mol. The van der Waals surface area contributed by atoms with Gasteiger partial charge in [0.15, 0.2) is 0 Å². The van der Waals surface area contributed by atoms with Crippen LogP contribution in [-0.4, -0.2) is 12.1 Å². The summed E-state index contributed by atoms with van der Waals surface area (Å²) in [6, 6.07) is 0.727. The zero-order chi connectivity index (χ0) is 6.85. The third kappa shape index (κ3) is 1.66. The maximum atomic E-state index is 5.79. The maximum Gasteiger partial charge on any atom is 0.00792 e. The standard InChI is InChI=1S/C7H16N2/c1-5-2-3-6(8)4-7(5)9/h5-7H,2-4,8-9H2,1H3/t5-,6-,7-/m1/s1. The Morgan fingerprint density at radius 1 is 1.22 bits per heavy atom. The van der Waals surface area contributed by atoms with Crippen molar-refractivity contribution in [3.63, 3.8) is 0 Å². The average Bonchev–Trinajstić information content (AvgIpc) is 1.80. The molecule has 2 heteroatoms. The van der Waals surface area contributed by atoms with E-state index in [0.717, 1.165) is 12.8 Å². The van der Waals surface area contributed by atoms with Gasteiger partial charge in [0.05, 0.1) is 0 Å². The number of hydrogen-bond acceptors (Lipinski definition) is 2. The first-order chi connectivity index (χ1) is 4.20. The third-order valence-electron chi connectivity index (χ3n) is 2.30. The Bertz CT molecular complexity index is 92.9. The van der Waals surface area contributed by atoms with E-state index in [2.05, 4.69) is 6.92 Å². The summed E-state index contributed by atoms with van der Waals surface area (Å²) >= 11 is 0. The molecule has 54 valence electrons. The van der Waals surface area contributed by atoms with Gasteiger partial charge < -0.3 is 11.5 Å². The predicted molar refractivity (Wildman–Crippen MR) is 39.0 cm³/mol. The van der Waals surface area contributed by atoms with Crippen molar-refractivity contribution >= 4 is 0 Å². The summed E-state index contributed by atoms with van der Waals surface area (Å²) < 4.78 is 0. The molecule has 0 saturated heterocycles. The van der Waals surface area contributed by atoms with Gasteiger partial charge in [0.25, 0.3) is 0 Å². The Morgan fingerprint density at radius 3 is 2.33 bits per heavy atom. The van der Waals surface area contributed by atoms with Crippen molar-refractivity contribution in [1.29, 1.82) is 0 Å². The molecule has 0 aromatic heterocycles. The van der Waals surface area contributed by atoms with Gasteiger partial charge in [-0.2, -0.15) is 0 Å². The highest BCUT2D eigenvalue weighted by Crippen LogP contribution is 2.20. The highest BCUT2D eigenvalue weighted by atomic mass is 14.7. The van der Waals surface area contributed by atoms with Crippen molar-refractivity contribution in [2.24, 2.45) is 17.4 Å². The molecule has 0 radical (unpaired) electrons. The number of nitrogens with two attached hydrogens (primary N) is 2. The minimum absolute atomic E-state index is 0.355. The van der Waals surface area contributed by atoms with Crippen LogP contribution in [0.4, 0.5) is 0 Å². The fourth-order valence-electron chi connectivity index (χ4n) is 1.39. The second-order valence-corrected chi connectivity index (χ2v) is 3.21. The van der Waals surface area contributed by atoms with Crippen LogP contribution in [0, 0.1) is 5.92 Å². The molecular formula is C7H16N2. The van der Waals surface area contributed by atoms with Crippen molar-refractivity contribution in [2.45, 2.75) is 38.3 Å². The highest BCUT2D eigenvalue weighted by molar-refractivity contribution is 4.81. The largest absolute Gasteiger partial charge is 0.328 e. The SMILES string of the molecule is C[C@@H]1CC[C@@H](N)C[C@H]1N. The van der Waals surface area contributed by atoms with Crippen LogP contribution in [-0.2, 0) is 0 Å². The lowest BCUT2D eigenvalue weighted by Crippen LogP contribution is -2.40. The van der Waals surface area contributed by atoms with Crippen LogP contribution in [0.5, 0.6) is 0 Å². The first kappa shape index (κ1) is 7.03. The molecule has 0 bridgehead atoms. The number of hydrogen-bond donors (Lipinski definition) is 2. The molecule has 0 aromatic rings. The maximum absolute atomic E-state index is 5.79. The third-order valence-corrected chi connectivity index (χ3v) is 2.30. The highest BCUT2D eigenvalue weighted by Gasteiger charge is 2.21. The summed E-state index contributed by atoms with van der Waals surface area (Å²) in [6.45, 7) is 2.20. The van der Waals surface area contributed by atoms with E-state index in [1.165, 1.54) is 6.42 Å².